The first-order valence-electron chi connectivity index (χ1n) is 8.32. The van der Waals surface area contributed by atoms with Gasteiger partial charge in [0.1, 0.15) is 6.04 Å². The van der Waals surface area contributed by atoms with E-state index in [0.29, 0.717) is 19.4 Å². The summed E-state index contributed by atoms with van der Waals surface area (Å²) in [6.07, 6.45) is 1.09. The molecule has 0 amide bonds. The first kappa shape index (κ1) is 18.9. The van der Waals surface area contributed by atoms with Crippen molar-refractivity contribution in [2.45, 2.75) is 25.8 Å². The molecule has 4 nitrogen and oxygen atoms in total. The smallest absolute Gasteiger partial charge is 0.321 e. The van der Waals surface area contributed by atoms with Gasteiger partial charge in [-0.1, -0.05) is 43.3 Å². The number of carboxylic acid groups (broad SMARTS) is 1. The summed E-state index contributed by atoms with van der Waals surface area (Å²) in [4.78, 5) is 11.5. The van der Waals surface area contributed by atoms with Gasteiger partial charge in [0.2, 0.25) is 0 Å². The second-order valence-corrected chi connectivity index (χ2v) is 6.27. The standard InChI is InChI=1S/C20H24FNO3/c1-14(10-16-8-9-19(25-2)17(21)11-16)13-22-18(20(23)24)12-15-6-4-3-5-7-15/h3-9,11,14,18,22H,10,12-13H2,1-2H3,(H,23,24)/t14?,18-/m0/s1. The van der Waals surface area contributed by atoms with Crippen molar-refractivity contribution < 1.29 is 19.0 Å². The van der Waals surface area contributed by atoms with Crippen LogP contribution in [0, 0.1) is 11.7 Å². The minimum atomic E-state index is -0.869. The van der Waals surface area contributed by atoms with Crippen molar-refractivity contribution in [2.75, 3.05) is 13.7 Å². The zero-order valence-electron chi connectivity index (χ0n) is 14.5. The molecular weight excluding hydrogens is 321 g/mol. The number of benzene rings is 2. The topological polar surface area (TPSA) is 58.6 Å². The molecule has 5 heteroatoms. The number of methoxy groups -OCH3 is 1. The zero-order chi connectivity index (χ0) is 18.2. The molecule has 25 heavy (non-hydrogen) atoms. The van der Waals surface area contributed by atoms with Crippen molar-refractivity contribution in [3.63, 3.8) is 0 Å². The number of ether oxygens (including phenoxy) is 1. The van der Waals surface area contributed by atoms with E-state index in [0.717, 1.165) is 11.1 Å². The molecule has 0 aliphatic heterocycles. The molecule has 2 aromatic carbocycles. The van der Waals surface area contributed by atoms with Gasteiger partial charge in [-0.15, -0.1) is 0 Å². The van der Waals surface area contributed by atoms with Gasteiger partial charge in [0.05, 0.1) is 7.11 Å². The van der Waals surface area contributed by atoms with Gasteiger partial charge in [-0.25, -0.2) is 4.39 Å². The van der Waals surface area contributed by atoms with Crippen LogP contribution in [0.5, 0.6) is 5.75 Å². The fraction of sp³-hybridized carbons (Fsp3) is 0.350. The van der Waals surface area contributed by atoms with Crippen LogP contribution < -0.4 is 10.1 Å². The Morgan fingerprint density at radius 3 is 2.48 bits per heavy atom. The van der Waals surface area contributed by atoms with Crippen LogP contribution in [0.25, 0.3) is 0 Å². The molecule has 0 saturated carbocycles. The molecule has 2 aromatic rings. The summed E-state index contributed by atoms with van der Waals surface area (Å²) < 4.78 is 18.7. The molecule has 0 fully saturated rings. The molecule has 0 bridgehead atoms. The molecular formula is C20H24FNO3. The molecule has 0 aliphatic rings. The Bertz CT molecular complexity index is 691. The summed E-state index contributed by atoms with van der Waals surface area (Å²) in [6.45, 7) is 2.55. The lowest BCUT2D eigenvalue weighted by molar-refractivity contribution is -0.139. The Balaban J connectivity index is 1.89. The summed E-state index contributed by atoms with van der Waals surface area (Å²) in [7, 11) is 1.43. The van der Waals surface area contributed by atoms with Crippen LogP contribution in [-0.4, -0.2) is 30.8 Å². The SMILES string of the molecule is COc1ccc(CC(C)CN[C@@H](Cc2ccccc2)C(=O)O)cc1F. The van der Waals surface area contributed by atoms with Crippen LogP contribution in [0.2, 0.25) is 0 Å². The van der Waals surface area contributed by atoms with Crippen LogP contribution in [0.15, 0.2) is 48.5 Å². The van der Waals surface area contributed by atoms with E-state index in [1.54, 1.807) is 6.07 Å². The molecule has 1 unspecified atom stereocenters. The Morgan fingerprint density at radius 1 is 1.16 bits per heavy atom. The Labute approximate surface area is 147 Å². The van der Waals surface area contributed by atoms with E-state index in [4.69, 9.17) is 4.74 Å². The van der Waals surface area contributed by atoms with Crippen LogP contribution >= 0.6 is 0 Å². The summed E-state index contributed by atoms with van der Waals surface area (Å²) in [5, 5.41) is 12.5. The number of nitrogens with one attached hydrogen (secondary N) is 1. The van der Waals surface area contributed by atoms with Gasteiger partial charge in [-0.05, 0) is 48.6 Å². The van der Waals surface area contributed by atoms with Gasteiger partial charge in [-0.2, -0.15) is 0 Å². The molecule has 0 aromatic heterocycles. The molecule has 2 N–H and O–H groups in total. The van der Waals surface area contributed by atoms with Gasteiger partial charge in [-0.3, -0.25) is 4.79 Å². The fourth-order valence-electron chi connectivity index (χ4n) is 2.75. The van der Waals surface area contributed by atoms with Crippen molar-refractivity contribution in [2.24, 2.45) is 5.92 Å². The second-order valence-electron chi connectivity index (χ2n) is 6.27. The lowest BCUT2D eigenvalue weighted by Crippen LogP contribution is -2.41. The van der Waals surface area contributed by atoms with Crippen molar-refractivity contribution in [3.8, 4) is 5.75 Å². The Hall–Kier alpha value is -2.40. The maximum Gasteiger partial charge on any atom is 0.321 e. The number of hydrogen-bond donors (Lipinski definition) is 2. The third-order valence-corrected chi connectivity index (χ3v) is 4.09. The molecule has 0 radical (unpaired) electrons. The normalized spacial score (nSPS) is 13.2. The van der Waals surface area contributed by atoms with Gasteiger partial charge in [0, 0.05) is 0 Å². The molecule has 0 heterocycles. The largest absolute Gasteiger partial charge is 0.494 e. The highest BCUT2D eigenvalue weighted by Crippen LogP contribution is 2.19. The van der Waals surface area contributed by atoms with Crippen LogP contribution in [0.3, 0.4) is 0 Å². The third-order valence-electron chi connectivity index (χ3n) is 4.09. The Kier molecular flexibility index (Phi) is 6.95. The molecule has 0 spiro atoms. The number of hydrogen-bond acceptors (Lipinski definition) is 3. The molecule has 2 atom stereocenters. The quantitative estimate of drug-likeness (QED) is 0.732. The highest BCUT2D eigenvalue weighted by molar-refractivity contribution is 5.73. The number of halogens is 1. The maximum absolute atomic E-state index is 13.7. The van der Waals surface area contributed by atoms with Gasteiger partial charge < -0.3 is 15.2 Å². The lowest BCUT2D eigenvalue weighted by Gasteiger charge is -2.18. The van der Waals surface area contributed by atoms with Gasteiger partial charge in [0.25, 0.3) is 0 Å². The summed E-state index contributed by atoms with van der Waals surface area (Å²) in [5.41, 5.74) is 1.84. The van der Waals surface area contributed by atoms with Crippen molar-refractivity contribution in [3.05, 3.63) is 65.5 Å². The minimum Gasteiger partial charge on any atom is -0.494 e. The number of rotatable bonds is 9. The van der Waals surface area contributed by atoms with Crippen molar-refractivity contribution in [1.82, 2.24) is 5.32 Å². The van der Waals surface area contributed by atoms with Crippen molar-refractivity contribution in [1.29, 1.82) is 0 Å². The summed E-state index contributed by atoms with van der Waals surface area (Å²) >= 11 is 0. The monoisotopic (exact) mass is 345 g/mol. The number of aliphatic carboxylic acids is 1. The maximum atomic E-state index is 13.7. The number of carboxylic acids is 1. The third kappa shape index (κ3) is 5.87. The van der Waals surface area contributed by atoms with Gasteiger partial charge >= 0.3 is 5.97 Å². The molecule has 0 saturated heterocycles. The fourth-order valence-corrected chi connectivity index (χ4v) is 2.75. The van der Waals surface area contributed by atoms with Crippen molar-refractivity contribution >= 4 is 5.97 Å². The van der Waals surface area contributed by atoms with Crippen LogP contribution in [-0.2, 0) is 17.6 Å². The van der Waals surface area contributed by atoms with E-state index in [-0.39, 0.29) is 17.5 Å². The van der Waals surface area contributed by atoms with E-state index in [9.17, 15) is 14.3 Å². The summed E-state index contributed by atoms with van der Waals surface area (Å²) in [6, 6.07) is 13.8. The van der Waals surface area contributed by atoms with Gasteiger partial charge in [0.15, 0.2) is 11.6 Å². The van der Waals surface area contributed by atoms with E-state index in [1.807, 2.05) is 43.3 Å². The average Bonchev–Trinajstić information content (AvgIpc) is 2.59. The molecule has 2 rings (SSSR count). The first-order valence-corrected chi connectivity index (χ1v) is 8.32. The lowest BCUT2D eigenvalue weighted by atomic mass is 9.99. The zero-order valence-corrected chi connectivity index (χ0v) is 14.5. The van der Waals surface area contributed by atoms with Crippen LogP contribution in [0.1, 0.15) is 18.1 Å². The Morgan fingerprint density at radius 2 is 1.88 bits per heavy atom. The predicted molar refractivity (Wildman–Crippen MR) is 95.4 cm³/mol. The number of carbonyl (C=O) groups is 1. The molecule has 0 aliphatic carbocycles. The highest BCUT2D eigenvalue weighted by atomic mass is 19.1. The predicted octanol–water partition coefficient (Wildman–Crippen LogP) is 3.30. The van der Waals surface area contributed by atoms with E-state index < -0.39 is 12.0 Å². The molecule has 134 valence electrons. The van der Waals surface area contributed by atoms with Crippen LogP contribution in [0.4, 0.5) is 4.39 Å². The average molecular weight is 345 g/mol. The van der Waals surface area contributed by atoms with E-state index >= 15 is 0 Å². The first-order chi connectivity index (χ1) is 12.0. The van der Waals surface area contributed by atoms with E-state index in [2.05, 4.69) is 5.32 Å². The summed E-state index contributed by atoms with van der Waals surface area (Å²) in [5.74, 6) is -0.854. The second kappa shape index (κ2) is 9.18. The van der Waals surface area contributed by atoms with E-state index in [1.165, 1.54) is 13.2 Å². The highest BCUT2D eigenvalue weighted by Gasteiger charge is 2.18. The minimum absolute atomic E-state index is 0.172.